The van der Waals surface area contributed by atoms with Gasteiger partial charge >= 0.3 is 0 Å². The van der Waals surface area contributed by atoms with Gasteiger partial charge in [-0.05, 0) is 31.2 Å². The molecule has 1 aromatic rings. The van der Waals surface area contributed by atoms with E-state index in [1.54, 1.807) is 23.1 Å². The Labute approximate surface area is 116 Å². The zero-order chi connectivity index (χ0) is 13.0. The van der Waals surface area contributed by atoms with Gasteiger partial charge in [-0.2, -0.15) is 0 Å². The van der Waals surface area contributed by atoms with Crippen LogP contribution in [0.1, 0.15) is 24.6 Å². The molecule has 2 heterocycles. The lowest BCUT2D eigenvalue weighted by Crippen LogP contribution is -2.45. The number of carbonyl (C=O) groups is 1. The summed E-state index contributed by atoms with van der Waals surface area (Å²) >= 11 is 3.40. The van der Waals surface area contributed by atoms with Crippen LogP contribution in [0.2, 0.25) is 0 Å². The molecule has 1 fully saturated rings. The molecule has 100 valence electrons. The van der Waals surface area contributed by atoms with Gasteiger partial charge in [0, 0.05) is 23.7 Å². The van der Waals surface area contributed by atoms with Crippen LogP contribution in [0.3, 0.4) is 0 Å². The summed E-state index contributed by atoms with van der Waals surface area (Å²) in [6, 6.07) is 4.13. The third kappa shape index (κ3) is 4.00. The molecule has 2 rings (SSSR count). The highest BCUT2D eigenvalue weighted by atomic mass is 32.2. The van der Waals surface area contributed by atoms with Gasteiger partial charge in [0.1, 0.15) is 0 Å². The van der Waals surface area contributed by atoms with Crippen LogP contribution in [-0.4, -0.2) is 40.4 Å². The average molecular weight is 285 g/mol. The Balaban J connectivity index is 1.69. The Morgan fingerprint density at radius 1 is 1.56 bits per heavy atom. The van der Waals surface area contributed by atoms with Crippen LogP contribution < -0.4 is 0 Å². The molecule has 0 unspecified atom stereocenters. The molecular weight excluding hydrogens is 266 g/mol. The van der Waals surface area contributed by atoms with Gasteiger partial charge in [0.25, 0.3) is 0 Å². The van der Waals surface area contributed by atoms with Gasteiger partial charge in [-0.15, -0.1) is 23.1 Å². The predicted molar refractivity (Wildman–Crippen MR) is 76.9 cm³/mol. The maximum atomic E-state index is 12.0. The van der Waals surface area contributed by atoms with Crippen LogP contribution in [0.5, 0.6) is 0 Å². The third-order valence-electron chi connectivity index (χ3n) is 3.24. The molecule has 0 aromatic carbocycles. The van der Waals surface area contributed by atoms with Crippen molar-refractivity contribution in [2.24, 2.45) is 0 Å². The number of hydrogen-bond donors (Lipinski definition) is 1. The second kappa shape index (κ2) is 6.08. The quantitative estimate of drug-likeness (QED) is 0.923. The Hall–Kier alpha value is -0.520. The van der Waals surface area contributed by atoms with Crippen molar-refractivity contribution in [1.29, 1.82) is 0 Å². The monoisotopic (exact) mass is 285 g/mol. The van der Waals surface area contributed by atoms with E-state index in [1.807, 2.05) is 17.9 Å². The summed E-state index contributed by atoms with van der Waals surface area (Å²) in [4.78, 5) is 15.2. The van der Waals surface area contributed by atoms with Crippen molar-refractivity contribution in [2.75, 3.05) is 18.8 Å². The molecule has 0 bridgehead atoms. The number of piperidine rings is 1. The van der Waals surface area contributed by atoms with Gasteiger partial charge in [-0.1, -0.05) is 6.07 Å². The smallest absolute Gasteiger partial charge is 0.232 e. The van der Waals surface area contributed by atoms with Crippen molar-refractivity contribution in [3.8, 4) is 0 Å². The first-order chi connectivity index (χ1) is 8.57. The molecule has 1 aliphatic heterocycles. The van der Waals surface area contributed by atoms with E-state index in [0.717, 1.165) is 5.75 Å². The normalized spacial score (nSPS) is 18.9. The molecule has 0 radical (unpaired) electrons. The van der Waals surface area contributed by atoms with E-state index in [0.29, 0.717) is 31.7 Å². The largest absolute Gasteiger partial charge is 0.390 e. The zero-order valence-electron chi connectivity index (χ0n) is 10.6. The molecular formula is C13H19NO2S2. The fraction of sp³-hybridized carbons (Fsp3) is 0.615. The number of thioether (sulfide) groups is 1. The lowest BCUT2D eigenvalue weighted by molar-refractivity contribution is -0.132. The maximum Gasteiger partial charge on any atom is 0.232 e. The zero-order valence-corrected chi connectivity index (χ0v) is 12.2. The SMILES string of the molecule is CC1(O)CCN(C(=O)CSCc2cccs2)CC1. The highest BCUT2D eigenvalue weighted by molar-refractivity contribution is 7.99. The molecule has 1 N–H and O–H groups in total. The van der Waals surface area contributed by atoms with Crippen molar-refractivity contribution >= 4 is 29.0 Å². The molecule has 0 saturated carbocycles. The van der Waals surface area contributed by atoms with Crippen molar-refractivity contribution < 1.29 is 9.90 Å². The molecule has 1 aliphatic rings. The fourth-order valence-electron chi connectivity index (χ4n) is 1.96. The highest BCUT2D eigenvalue weighted by Crippen LogP contribution is 2.22. The van der Waals surface area contributed by atoms with Crippen LogP contribution in [0.4, 0.5) is 0 Å². The number of thiophene rings is 1. The number of aliphatic hydroxyl groups is 1. The second-order valence-corrected chi connectivity index (χ2v) is 6.97. The number of amides is 1. The lowest BCUT2D eigenvalue weighted by atomic mass is 9.94. The molecule has 1 aromatic heterocycles. The molecule has 1 saturated heterocycles. The minimum atomic E-state index is -0.582. The first-order valence-electron chi connectivity index (χ1n) is 6.17. The standard InChI is InChI=1S/C13H19NO2S2/c1-13(16)4-6-14(7-5-13)12(15)10-17-9-11-3-2-8-18-11/h2-3,8,16H,4-7,9-10H2,1H3. The van der Waals surface area contributed by atoms with Crippen LogP contribution in [0.15, 0.2) is 17.5 Å². The third-order valence-corrected chi connectivity index (χ3v) is 5.27. The van der Waals surface area contributed by atoms with Gasteiger partial charge in [-0.25, -0.2) is 0 Å². The number of nitrogens with zero attached hydrogens (tertiary/aromatic N) is 1. The van der Waals surface area contributed by atoms with Gasteiger partial charge in [0.2, 0.25) is 5.91 Å². The van der Waals surface area contributed by atoms with Crippen molar-refractivity contribution in [3.63, 3.8) is 0 Å². The molecule has 5 heteroatoms. The average Bonchev–Trinajstić information content (AvgIpc) is 2.82. The minimum absolute atomic E-state index is 0.201. The first-order valence-corrected chi connectivity index (χ1v) is 8.20. The van der Waals surface area contributed by atoms with E-state index in [-0.39, 0.29) is 5.91 Å². The van der Waals surface area contributed by atoms with Crippen LogP contribution in [-0.2, 0) is 10.5 Å². The van der Waals surface area contributed by atoms with E-state index in [9.17, 15) is 9.90 Å². The van der Waals surface area contributed by atoms with Crippen LogP contribution >= 0.6 is 23.1 Å². The predicted octanol–water partition coefficient (Wildman–Crippen LogP) is 2.35. The fourth-order valence-corrected chi connectivity index (χ4v) is 3.73. The molecule has 3 nitrogen and oxygen atoms in total. The molecule has 0 aliphatic carbocycles. The van der Waals surface area contributed by atoms with Gasteiger partial charge < -0.3 is 10.0 Å². The summed E-state index contributed by atoms with van der Waals surface area (Å²) in [5, 5.41) is 11.9. The number of carbonyl (C=O) groups excluding carboxylic acids is 1. The lowest BCUT2D eigenvalue weighted by Gasteiger charge is -2.35. The van der Waals surface area contributed by atoms with E-state index in [1.165, 1.54) is 4.88 Å². The second-order valence-electron chi connectivity index (χ2n) is 4.95. The molecule has 0 atom stereocenters. The number of hydrogen-bond acceptors (Lipinski definition) is 4. The Kier molecular flexibility index (Phi) is 4.70. The van der Waals surface area contributed by atoms with E-state index >= 15 is 0 Å². The maximum absolute atomic E-state index is 12.0. The summed E-state index contributed by atoms with van der Waals surface area (Å²) in [6.45, 7) is 3.22. The molecule has 18 heavy (non-hydrogen) atoms. The molecule has 1 amide bonds. The summed E-state index contributed by atoms with van der Waals surface area (Å²) in [5.41, 5.74) is -0.582. The van der Waals surface area contributed by atoms with Gasteiger partial charge in [0.15, 0.2) is 0 Å². The summed E-state index contributed by atoms with van der Waals surface area (Å²) < 4.78 is 0. The summed E-state index contributed by atoms with van der Waals surface area (Å²) in [5.74, 6) is 1.65. The Morgan fingerprint density at radius 2 is 2.28 bits per heavy atom. The van der Waals surface area contributed by atoms with Gasteiger partial charge in [-0.3, -0.25) is 4.79 Å². The van der Waals surface area contributed by atoms with Crippen molar-refractivity contribution in [2.45, 2.75) is 31.1 Å². The first kappa shape index (κ1) is 13.9. The van der Waals surface area contributed by atoms with E-state index < -0.39 is 5.60 Å². The number of likely N-dealkylation sites (tertiary alicyclic amines) is 1. The van der Waals surface area contributed by atoms with E-state index in [4.69, 9.17) is 0 Å². The van der Waals surface area contributed by atoms with Gasteiger partial charge in [0.05, 0.1) is 11.4 Å². The summed E-state index contributed by atoms with van der Waals surface area (Å²) in [7, 11) is 0. The van der Waals surface area contributed by atoms with Crippen LogP contribution in [0.25, 0.3) is 0 Å². The minimum Gasteiger partial charge on any atom is -0.390 e. The number of rotatable bonds is 4. The topological polar surface area (TPSA) is 40.5 Å². The van der Waals surface area contributed by atoms with Crippen molar-refractivity contribution in [1.82, 2.24) is 4.90 Å². The highest BCUT2D eigenvalue weighted by Gasteiger charge is 2.29. The molecule has 0 spiro atoms. The Bertz CT molecular complexity index is 380. The van der Waals surface area contributed by atoms with E-state index in [2.05, 4.69) is 11.4 Å². The van der Waals surface area contributed by atoms with Crippen LogP contribution in [0, 0.1) is 0 Å². The Morgan fingerprint density at radius 3 is 2.89 bits per heavy atom. The summed E-state index contributed by atoms with van der Waals surface area (Å²) in [6.07, 6.45) is 1.38. The van der Waals surface area contributed by atoms with Crippen molar-refractivity contribution in [3.05, 3.63) is 22.4 Å².